The number of rotatable bonds is 6. The molecule has 1 atom stereocenters. The maximum absolute atomic E-state index is 12.6. The number of para-hydroxylation sites is 1. The number of ketones is 1. The smallest absolute Gasteiger partial charge is 0.306 e. The summed E-state index contributed by atoms with van der Waals surface area (Å²) >= 11 is 0. The van der Waals surface area contributed by atoms with Crippen LogP contribution in [0.2, 0.25) is 0 Å². The molecule has 0 fully saturated rings. The summed E-state index contributed by atoms with van der Waals surface area (Å²) in [5.41, 5.74) is 5.21. The lowest BCUT2D eigenvalue weighted by atomic mass is 10.0. The molecular weight excluding hydrogens is 366 g/mol. The van der Waals surface area contributed by atoms with Crippen LogP contribution in [0.5, 0.6) is 0 Å². The molecule has 0 N–H and O–H groups in total. The third-order valence-electron chi connectivity index (χ3n) is 5.81. The van der Waals surface area contributed by atoms with Gasteiger partial charge in [-0.25, -0.2) is 0 Å². The Hall–Kier alpha value is -2.95. The maximum Gasteiger partial charge on any atom is 0.306 e. The summed E-state index contributed by atoms with van der Waals surface area (Å²) in [7, 11) is 0. The average Bonchev–Trinajstić information content (AvgIpc) is 3.32. The van der Waals surface area contributed by atoms with Crippen molar-refractivity contribution in [1.29, 1.82) is 0 Å². The van der Waals surface area contributed by atoms with E-state index in [4.69, 9.17) is 4.74 Å². The molecule has 0 saturated carbocycles. The van der Waals surface area contributed by atoms with Crippen LogP contribution in [0.25, 0.3) is 0 Å². The summed E-state index contributed by atoms with van der Waals surface area (Å²) in [6.45, 7) is 1.68. The van der Waals surface area contributed by atoms with Gasteiger partial charge in [-0.15, -0.1) is 0 Å². The number of fused-ring (bicyclic) bond motifs is 2. The van der Waals surface area contributed by atoms with Crippen LogP contribution in [-0.2, 0) is 33.6 Å². The van der Waals surface area contributed by atoms with Gasteiger partial charge in [0.2, 0.25) is 0 Å². The monoisotopic (exact) mass is 391 g/mol. The predicted octanol–water partition coefficient (Wildman–Crippen LogP) is 3.66. The molecule has 5 heteroatoms. The van der Waals surface area contributed by atoms with E-state index in [9.17, 15) is 14.4 Å². The highest BCUT2D eigenvalue weighted by Gasteiger charge is 2.31. The normalized spacial score (nSPS) is 17.0. The highest BCUT2D eigenvalue weighted by atomic mass is 16.5. The third kappa shape index (κ3) is 4.09. The van der Waals surface area contributed by atoms with Gasteiger partial charge in [-0.2, -0.15) is 0 Å². The van der Waals surface area contributed by atoms with Crippen LogP contribution in [0.3, 0.4) is 0 Å². The molecular formula is C24H25NO4. The fourth-order valence-corrected chi connectivity index (χ4v) is 4.33. The third-order valence-corrected chi connectivity index (χ3v) is 5.81. The van der Waals surface area contributed by atoms with Gasteiger partial charge < -0.3 is 9.64 Å². The second kappa shape index (κ2) is 8.19. The molecule has 0 aromatic heterocycles. The van der Waals surface area contributed by atoms with Crippen molar-refractivity contribution < 1.29 is 19.1 Å². The van der Waals surface area contributed by atoms with Crippen LogP contribution in [0.1, 0.15) is 53.2 Å². The number of hydrogen-bond donors (Lipinski definition) is 0. The van der Waals surface area contributed by atoms with Crippen LogP contribution in [0.4, 0.5) is 5.69 Å². The Morgan fingerprint density at radius 1 is 1.00 bits per heavy atom. The largest absolute Gasteiger partial charge is 0.456 e. The van der Waals surface area contributed by atoms with Crippen molar-refractivity contribution in [1.82, 2.24) is 0 Å². The van der Waals surface area contributed by atoms with E-state index in [1.165, 1.54) is 11.1 Å². The van der Waals surface area contributed by atoms with E-state index in [0.29, 0.717) is 5.56 Å². The number of ether oxygens (including phenoxy) is 1. The van der Waals surface area contributed by atoms with Crippen LogP contribution in [-0.4, -0.2) is 30.3 Å². The Morgan fingerprint density at radius 2 is 1.79 bits per heavy atom. The molecule has 2 aliphatic rings. The lowest BCUT2D eigenvalue weighted by Crippen LogP contribution is -2.38. The molecule has 2 aromatic carbocycles. The number of carbonyl (C=O) groups excluding carboxylic acids is 3. The van der Waals surface area contributed by atoms with Crippen LogP contribution in [0.15, 0.2) is 42.5 Å². The van der Waals surface area contributed by atoms with Crippen molar-refractivity contribution >= 4 is 23.3 Å². The molecule has 4 rings (SSSR count). The fraction of sp³-hybridized carbons (Fsp3) is 0.375. The second-order valence-corrected chi connectivity index (χ2v) is 7.87. The standard InChI is InChI=1S/C24H25NO4/c1-16-13-19-5-2-3-8-21(19)25(16)23(27)15-29-24(28)12-11-22(26)20-10-9-17-6-4-7-18(17)14-20/h2-3,5,8-10,14,16H,4,6-7,11-13,15H2,1H3/t16-/m1/s1. The molecule has 2 aromatic rings. The van der Waals surface area contributed by atoms with Gasteiger partial charge in [0.15, 0.2) is 12.4 Å². The number of hydrogen-bond acceptors (Lipinski definition) is 4. The molecule has 150 valence electrons. The van der Waals surface area contributed by atoms with E-state index < -0.39 is 5.97 Å². The van der Waals surface area contributed by atoms with Crippen molar-refractivity contribution in [3.05, 3.63) is 64.7 Å². The molecule has 0 unspecified atom stereocenters. The number of carbonyl (C=O) groups is 3. The van der Waals surface area contributed by atoms with E-state index in [1.54, 1.807) is 4.90 Å². The molecule has 0 bridgehead atoms. The minimum absolute atomic E-state index is 0.0185. The Bertz CT molecular complexity index is 965. The predicted molar refractivity (Wildman–Crippen MR) is 110 cm³/mol. The van der Waals surface area contributed by atoms with Crippen molar-refractivity contribution in [3.63, 3.8) is 0 Å². The molecule has 1 aliphatic heterocycles. The molecule has 0 radical (unpaired) electrons. The SMILES string of the molecule is C[C@@H]1Cc2ccccc2N1C(=O)COC(=O)CCC(=O)c1ccc2c(c1)CCC2. The molecule has 29 heavy (non-hydrogen) atoms. The van der Waals surface area contributed by atoms with Crippen molar-refractivity contribution in [3.8, 4) is 0 Å². The van der Waals surface area contributed by atoms with Crippen molar-refractivity contribution in [2.75, 3.05) is 11.5 Å². The first kappa shape index (κ1) is 19.4. The van der Waals surface area contributed by atoms with Gasteiger partial charge in [0.25, 0.3) is 5.91 Å². The highest BCUT2D eigenvalue weighted by molar-refractivity contribution is 5.99. The quantitative estimate of drug-likeness (QED) is 0.557. The summed E-state index contributed by atoms with van der Waals surface area (Å²) in [6.07, 6.45) is 4.09. The number of anilines is 1. The van der Waals surface area contributed by atoms with Crippen molar-refractivity contribution in [2.24, 2.45) is 0 Å². The Balaban J connectivity index is 1.27. The Morgan fingerprint density at radius 3 is 2.66 bits per heavy atom. The summed E-state index contributed by atoms with van der Waals surface area (Å²) in [5, 5.41) is 0. The van der Waals surface area contributed by atoms with Gasteiger partial charge in [-0.3, -0.25) is 14.4 Å². The van der Waals surface area contributed by atoms with E-state index in [0.717, 1.165) is 36.9 Å². The number of benzene rings is 2. The molecule has 0 saturated heterocycles. The summed E-state index contributed by atoms with van der Waals surface area (Å²) in [5.74, 6) is -0.821. The molecule has 1 amide bonds. The zero-order valence-corrected chi connectivity index (χ0v) is 16.6. The summed E-state index contributed by atoms with van der Waals surface area (Å²) < 4.78 is 5.16. The van der Waals surface area contributed by atoms with E-state index >= 15 is 0 Å². The topological polar surface area (TPSA) is 63.7 Å². The molecule has 1 aliphatic carbocycles. The van der Waals surface area contributed by atoms with Gasteiger partial charge >= 0.3 is 5.97 Å². The highest BCUT2D eigenvalue weighted by Crippen LogP contribution is 2.31. The average molecular weight is 391 g/mol. The fourth-order valence-electron chi connectivity index (χ4n) is 4.33. The van der Waals surface area contributed by atoms with Gasteiger partial charge in [0.05, 0.1) is 6.42 Å². The van der Waals surface area contributed by atoms with E-state index in [1.807, 2.05) is 49.4 Å². The summed E-state index contributed by atoms with van der Waals surface area (Å²) in [4.78, 5) is 38.7. The van der Waals surface area contributed by atoms with Crippen LogP contribution < -0.4 is 4.90 Å². The zero-order valence-electron chi connectivity index (χ0n) is 16.6. The number of esters is 1. The lowest BCUT2D eigenvalue weighted by Gasteiger charge is -2.22. The van der Waals surface area contributed by atoms with Gasteiger partial charge in [0.1, 0.15) is 0 Å². The van der Waals surface area contributed by atoms with E-state index in [-0.39, 0.29) is 37.2 Å². The van der Waals surface area contributed by atoms with Crippen molar-refractivity contribution in [2.45, 2.75) is 51.5 Å². The minimum atomic E-state index is -0.520. The molecule has 0 spiro atoms. The lowest BCUT2D eigenvalue weighted by molar-refractivity contribution is -0.147. The number of amides is 1. The van der Waals surface area contributed by atoms with Gasteiger partial charge in [-0.1, -0.05) is 30.3 Å². The van der Waals surface area contributed by atoms with Crippen LogP contribution >= 0.6 is 0 Å². The Kier molecular flexibility index (Phi) is 5.47. The first-order valence-corrected chi connectivity index (χ1v) is 10.2. The van der Waals surface area contributed by atoms with E-state index in [2.05, 4.69) is 0 Å². The summed E-state index contributed by atoms with van der Waals surface area (Å²) in [6, 6.07) is 13.6. The maximum atomic E-state index is 12.6. The number of nitrogens with zero attached hydrogens (tertiary/aromatic N) is 1. The number of Topliss-reactive ketones (excluding diaryl/α,β-unsaturated/α-hetero) is 1. The first-order valence-electron chi connectivity index (χ1n) is 10.2. The minimum Gasteiger partial charge on any atom is -0.456 e. The first-order chi connectivity index (χ1) is 14.0. The van der Waals surface area contributed by atoms with Gasteiger partial charge in [-0.05, 0) is 61.4 Å². The van der Waals surface area contributed by atoms with Gasteiger partial charge in [0, 0.05) is 23.7 Å². The zero-order chi connectivity index (χ0) is 20.4. The molecule has 5 nitrogen and oxygen atoms in total. The Labute approximate surface area is 170 Å². The van der Waals surface area contributed by atoms with Crippen LogP contribution in [0, 0.1) is 0 Å². The molecule has 1 heterocycles. The number of aryl methyl sites for hydroxylation is 2. The second-order valence-electron chi connectivity index (χ2n) is 7.87.